The lowest BCUT2D eigenvalue weighted by Gasteiger charge is -2.59. The van der Waals surface area contributed by atoms with Gasteiger partial charge in [-0.15, -0.1) is 0 Å². The highest BCUT2D eigenvalue weighted by Crippen LogP contribution is 2.68. The van der Waals surface area contributed by atoms with E-state index in [0.717, 1.165) is 54.8 Å². The summed E-state index contributed by atoms with van der Waals surface area (Å²) in [6.07, 6.45) is 17.2. The first-order chi connectivity index (χ1) is 13.8. The molecule has 0 aliphatic heterocycles. The number of fused-ring (bicyclic) bond motifs is 5. The van der Waals surface area contributed by atoms with E-state index in [2.05, 4.69) is 34.6 Å². The van der Waals surface area contributed by atoms with E-state index in [9.17, 15) is 4.79 Å². The molecule has 166 valence electrons. The molecule has 0 amide bonds. The van der Waals surface area contributed by atoms with Crippen LogP contribution in [0.3, 0.4) is 0 Å². The highest BCUT2D eigenvalue weighted by atomic mass is 16.1. The molecule has 1 heteroatoms. The van der Waals surface area contributed by atoms with Gasteiger partial charge in [0.15, 0.2) is 0 Å². The molecule has 0 radical (unpaired) electrons. The standard InChI is InChI=1S/C28H48O/c1-19(2)8-6-9-20(3)24-13-14-25-23-12-11-21-18-22(29)10-7-16-27(21,4)26(23)15-17-28(24,25)5/h19-21,23-26H,6-18H2,1-5H3/t20-,21+,23+,24+,25-,26+,27+,28+/m1/s1. The third-order valence-corrected chi connectivity index (χ3v) is 10.9. The number of rotatable bonds is 5. The molecule has 0 bridgehead atoms. The van der Waals surface area contributed by atoms with Gasteiger partial charge in [0.25, 0.3) is 0 Å². The molecular formula is C28H48O. The van der Waals surface area contributed by atoms with Gasteiger partial charge in [-0.1, -0.05) is 53.9 Å². The molecule has 0 aromatic carbocycles. The molecular weight excluding hydrogens is 352 g/mol. The molecule has 4 aliphatic rings. The van der Waals surface area contributed by atoms with E-state index in [0.29, 0.717) is 22.5 Å². The Morgan fingerprint density at radius 2 is 1.66 bits per heavy atom. The third-order valence-electron chi connectivity index (χ3n) is 10.9. The van der Waals surface area contributed by atoms with Gasteiger partial charge in [-0.2, -0.15) is 0 Å². The summed E-state index contributed by atoms with van der Waals surface area (Å²) in [5.41, 5.74) is 1.06. The monoisotopic (exact) mass is 400 g/mol. The summed E-state index contributed by atoms with van der Waals surface area (Å²) in [7, 11) is 0. The minimum atomic E-state index is 0.456. The molecule has 4 rings (SSSR count). The number of ketones is 1. The largest absolute Gasteiger partial charge is 0.300 e. The fourth-order valence-electron chi connectivity index (χ4n) is 9.33. The van der Waals surface area contributed by atoms with Gasteiger partial charge in [-0.3, -0.25) is 4.79 Å². The van der Waals surface area contributed by atoms with Crippen molar-refractivity contribution < 1.29 is 4.79 Å². The van der Waals surface area contributed by atoms with Crippen LogP contribution in [-0.2, 0) is 4.79 Å². The molecule has 0 unspecified atom stereocenters. The van der Waals surface area contributed by atoms with E-state index >= 15 is 0 Å². The summed E-state index contributed by atoms with van der Waals surface area (Å²) in [5.74, 6) is 6.80. The third kappa shape index (κ3) is 3.87. The zero-order chi connectivity index (χ0) is 20.8. The normalized spacial score (nSPS) is 46.0. The fraction of sp³-hybridized carbons (Fsp3) is 0.964. The van der Waals surface area contributed by atoms with Crippen LogP contribution in [0.1, 0.15) is 118 Å². The van der Waals surface area contributed by atoms with Crippen LogP contribution in [0.2, 0.25) is 0 Å². The van der Waals surface area contributed by atoms with Gasteiger partial charge in [0.2, 0.25) is 0 Å². The van der Waals surface area contributed by atoms with Crippen molar-refractivity contribution in [2.24, 2.45) is 52.3 Å². The van der Waals surface area contributed by atoms with E-state index in [1.165, 1.54) is 64.2 Å². The van der Waals surface area contributed by atoms with Crippen LogP contribution in [0.4, 0.5) is 0 Å². The molecule has 0 spiro atoms. The van der Waals surface area contributed by atoms with Crippen molar-refractivity contribution in [1.82, 2.24) is 0 Å². The van der Waals surface area contributed by atoms with Crippen molar-refractivity contribution in [2.45, 2.75) is 118 Å². The Morgan fingerprint density at radius 3 is 2.41 bits per heavy atom. The second-order valence-electron chi connectivity index (χ2n) is 12.8. The second kappa shape index (κ2) is 8.31. The van der Waals surface area contributed by atoms with Crippen molar-refractivity contribution >= 4 is 5.78 Å². The highest BCUT2D eigenvalue weighted by Gasteiger charge is 2.60. The fourth-order valence-corrected chi connectivity index (χ4v) is 9.33. The van der Waals surface area contributed by atoms with Crippen LogP contribution in [0.15, 0.2) is 0 Å². The molecule has 0 aromatic rings. The topological polar surface area (TPSA) is 17.1 Å². The van der Waals surface area contributed by atoms with E-state index < -0.39 is 0 Å². The van der Waals surface area contributed by atoms with Crippen LogP contribution in [-0.4, -0.2) is 5.78 Å². The molecule has 0 heterocycles. The Morgan fingerprint density at radius 1 is 0.897 bits per heavy atom. The molecule has 1 nitrogen and oxygen atoms in total. The van der Waals surface area contributed by atoms with E-state index in [-0.39, 0.29) is 0 Å². The first kappa shape index (κ1) is 21.9. The van der Waals surface area contributed by atoms with Crippen molar-refractivity contribution in [1.29, 1.82) is 0 Å². The van der Waals surface area contributed by atoms with Crippen LogP contribution in [0, 0.1) is 52.3 Å². The maximum Gasteiger partial charge on any atom is 0.133 e. The van der Waals surface area contributed by atoms with Gasteiger partial charge >= 0.3 is 0 Å². The summed E-state index contributed by atoms with van der Waals surface area (Å²) < 4.78 is 0. The molecule has 4 aliphatic carbocycles. The van der Waals surface area contributed by atoms with Crippen LogP contribution in [0.5, 0.6) is 0 Å². The Kier molecular flexibility index (Phi) is 6.27. The van der Waals surface area contributed by atoms with Crippen LogP contribution in [0.25, 0.3) is 0 Å². The molecule has 4 fully saturated rings. The lowest BCUT2D eigenvalue weighted by atomic mass is 9.46. The minimum Gasteiger partial charge on any atom is -0.300 e. The van der Waals surface area contributed by atoms with Gasteiger partial charge in [0, 0.05) is 12.8 Å². The van der Waals surface area contributed by atoms with Gasteiger partial charge in [0.1, 0.15) is 5.78 Å². The van der Waals surface area contributed by atoms with Gasteiger partial charge < -0.3 is 0 Å². The molecule has 29 heavy (non-hydrogen) atoms. The number of hydrogen-bond acceptors (Lipinski definition) is 1. The van der Waals surface area contributed by atoms with Crippen molar-refractivity contribution in [2.75, 3.05) is 0 Å². The first-order valence-corrected chi connectivity index (χ1v) is 13.3. The Labute approximate surface area is 181 Å². The average Bonchev–Trinajstić information content (AvgIpc) is 2.92. The maximum absolute atomic E-state index is 12.3. The molecule has 4 saturated carbocycles. The quantitative estimate of drug-likeness (QED) is 0.456. The number of hydrogen-bond donors (Lipinski definition) is 0. The Balaban J connectivity index is 1.48. The lowest BCUT2D eigenvalue weighted by Crippen LogP contribution is -2.52. The van der Waals surface area contributed by atoms with E-state index in [4.69, 9.17) is 0 Å². The Hall–Kier alpha value is -0.330. The predicted molar refractivity (Wildman–Crippen MR) is 123 cm³/mol. The van der Waals surface area contributed by atoms with Crippen LogP contribution >= 0.6 is 0 Å². The number of carbonyl (C=O) groups is 1. The average molecular weight is 401 g/mol. The summed E-state index contributed by atoms with van der Waals surface area (Å²) in [4.78, 5) is 12.3. The molecule has 0 aromatic heterocycles. The smallest absolute Gasteiger partial charge is 0.133 e. The summed E-state index contributed by atoms with van der Waals surface area (Å²) >= 11 is 0. The van der Waals surface area contributed by atoms with E-state index in [1.54, 1.807) is 0 Å². The van der Waals surface area contributed by atoms with Gasteiger partial charge in [-0.25, -0.2) is 0 Å². The van der Waals surface area contributed by atoms with Gasteiger partial charge in [-0.05, 0) is 104 Å². The minimum absolute atomic E-state index is 0.456. The van der Waals surface area contributed by atoms with Crippen molar-refractivity contribution in [3.63, 3.8) is 0 Å². The van der Waals surface area contributed by atoms with Crippen LogP contribution < -0.4 is 0 Å². The molecule has 0 N–H and O–H groups in total. The van der Waals surface area contributed by atoms with Gasteiger partial charge in [0.05, 0.1) is 0 Å². The summed E-state index contributed by atoms with van der Waals surface area (Å²) in [5, 5.41) is 0. The zero-order valence-electron chi connectivity index (χ0n) is 20.1. The predicted octanol–water partition coefficient (Wildman–Crippen LogP) is 8.07. The second-order valence-corrected chi connectivity index (χ2v) is 12.8. The number of Topliss-reactive ketones (excluding diaryl/α,β-unsaturated/α-hetero) is 1. The Bertz CT molecular complexity index is 593. The molecule has 0 saturated heterocycles. The first-order valence-electron chi connectivity index (χ1n) is 13.3. The number of carbonyl (C=O) groups excluding carboxylic acids is 1. The summed E-state index contributed by atoms with van der Waals surface area (Å²) in [6, 6.07) is 0. The highest BCUT2D eigenvalue weighted by molar-refractivity contribution is 5.79. The van der Waals surface area contributed by atoms with E-state index in [1.807, 2.05) is 0 Å². The zero-order valence-corrected chi connectivity index (χ0v) is 20.1. The maximum atomic E-state index is 12.3. The SMILES string of the molecule is CC(C)CCC[C@@H](C)[C@@H]1CC[C@@H]2[C@@H]3CC[C@H]4CC(=O)CCC[C@]4(C)[C@H]3CC[C@]21C. The lowest BCUT2D eigenvalue weighted by molar-refractivity contribution is -0.124. The molecule has 8 atom stereocenters. The van der Waals surface area contributed by atoms with Crippen molar-refractivity contribution in [3.05, 3.63) is 0 Å². The summed E-state index contributed by atoms with van der Waals surface area (Å²) in [6.45, 7) is 12.6. The van der Waals surface area contributed by atoms with Crippen molar-refractivity contribution in [3.8, 4) is 0 Å².